The van der Waals surface area contributed by atoms with Crippen LogP contribution in [0.3, 0.4) is 0 Å². The Bertz CT molecular complexity index is 1180. The molecule has 0 aliphatic rings. The van der Waals surface area contributed by atoms with Crippen LogP contribution in [0.4, 0.5) is 5.82 Å². The number of nitrogens with zero attached hydrogens (tertiary/aromatic N) is 4. The van der Waals surface area contributed by atoms with Gasteiger partial charge in [0, 0.05) is 6.20 Å². The van der Waals surface area contributed by atoms with E-state index in [0.717, 1.165) is 10.6 Å². The maximum atomic E-state index is 12.7. The molecule has 0 radical (unpaired) electrons. The van der Waals surface area contributed by atoms with Gasteiger partial charge in [0.25, 0.3) is 0 Å². The van der Waals surface area contributed by atoms with Gasteiger partial charge in [0.15, 0.2) is 11.0 Å². The fourth-order valence-corrected chi connectivity index (χ4v) is 4.50. The minimum absolute atomic E-state index is 0.202. The molecule has 4 aromatic rings. The molecular formula is C21H18ClN5O2S2. The second kappa shape index (κ2) is 9.51. The van der Waals surface area contributed by atoms with Crippen molar-refractivity contribution in [3.8, 4) is 22.1 Å². The highest BCUT2D eigenvalue weighted by atomic mass is 35.5. The predicted molar refractivity (Wildman–Crippen MR) is 124 cm³/mol. The van der Waals surface area contributed by atoms with E-state index in [0.29, 0.717) is 27.6 Å². The lowest BCUT2D eigenvalue weighted by atomic mass is 10.3. The first-order valence-corrected chi connectivity index (χ1v) is 11.4. The number of aromatic nitrogens is 4. The number of para-hydroxylation sites is 2. The highest BCUT2D eigenvalue weighted by Crippen LogP contribution is 2.35. The lowest BCUT2D eigenvalue weighted by Crippen LogP contribution is -2.23. The summed E-state index contributed by atoms with van der Waals surface area (Å²) in [5, 5.41) is 14.2. The minimum Gasteiger partial charge on any atom is -0.495 e. The molecule has 0 fully saturated rings. The third-order valence-electron chi connectivity index (χ3n) is 4.33. The molecule has 0 saturated carbocycles. The first kappa shape index (κ1) is 21.4. The zero-order valence-corrected chi connectivity index (χ0v) is 19.0. The van der Waals surface area contributed by atoms with Crippen molar-refractivity contribution in [2.45, 2.75) is 17.3 Å². The summed E-state index contributed by atoms with van der Waals surface area (Å²) in [6, 6.07) is 14.9. The first-order valence-electron chi connectivity index (χ1n) is 9.28. The summed E-state index contributed by atoms with van der Waals surface area (Å²) in [7, 11) is 1.62. The van der Waals surface area contributed by atoms with Gasteiger partial charge in [-0.2, -0.15) is 0 Å². The van der Waals surface area contributed by atoms with E-state index < -0.39 is 5.25 Å². The molecule has 3 aromatic heterocycles. The van der Waals surface area contributed by atoms with Gasteiger partial charge in [-0.25, -0.2) is 4.98 Å². The van der Waals surface area contributed by atoms with Crippen LogP contribution >= 0.6 is 34.7 Å². The zero-order chi connectivity index (χ0) is 21.8. The highest BCUT2D eigenvalue weighted by Gasteiger charge is 2.24. The molecule has 0 spiro atoms. The number of nitrogens with one attached hydrogen (secondary N) is 1. The Morgan fingerprint density at radius 3 is 2.74 bits per heavy atom. The minimum atomic E-state index is -0.452. The number of rotatable bonds is 7. The van der Waals surface area contributed by atoms with Gasteiger partial charge in [-0.3, -0.25) is 9.36 Å². The van der Waals surface area contributed by atoms with Gasteiger partial charge in [-0.05, 0) is 42.6 Å². The molecule has 1 aromatic carbocycles. The van der Waals surface area contributed by atoms with Crippen LogP contribution in [0, 0.1) is 0 Å². The van der Waals surface area contributed by atoms with Gasteiger partial charge in [-0.1, -0.05) is 41.6 Å². The number of ether oxygens (including phenoxy) is 1. The van der Waals surface area contributed by atoms with Crippen molar-refractivity contribution >= 4 is 46.4 Å². The quantitative estimate of drug-likeness (QED) is 0.374. The summed E-state index contributed by atoms with van der Waals surface area (Å²) in [5.74, 6) is 1.61. The molecule has 1 amide bonds. The molecule has 1 N–H and O–H groups in total. The van der Waals surface area contributed by atoms with E-state index in [1.54, 1.807) is 30.6 Å². The van der Waals surface area contributed by atoms with Gasteiger partial charge in [0.2, 0.25) is 5.91 Å². The molecule has 4 rings (SSSR count). The summed E-state index contributed by atoms with van der Waals surface area (Å²) < 4.78 is 7.47. The standard InChI is InChI=1S/C21H18ClN5O2S2/c1-13(20(28)24-18-10-9-14(22)12-23-18)31-21-26-25-19(17-8-5-11-30-17)27(21)15-6-3-4-7-16(15)29-2/h3-13H,1-2H3,(H,23,24,28)/t13-/m1/s1. The van der Waals surface area contributed by atoms with Crippen molar-refractivity contribution in [1.82, 2.24) is 19.7 Å². The van der Waals surface area contributed by atoms with Crippen LogP contribution in [-0.2, 0) is 4.79 Å². The van der Waals surface area contributed by atoms with Gasteiger partial charge in [-0.15, -0.1) is 21.5 Å². The summed E-state index contributed by atoms with van der Waals surface area (Å²) in [6.07, 6.45) is 1.49. The van der Waals surface area contributed by atoms with E-state index >= 15 is 0 Å². The molecule has 7 nitrogen and oxygen atoms in total. The zero-order valence-electron chi connectivity index (χ0n) is 16.7. The molecule has 0 saturated heterocycles. The number of carbonyl (C=O) groups excluding carboxylic acids is 1. The highest BCUT2D eigenvalue weighted by molar-refractivity contribution is 8.00. The van der Waals surface area contributed by atoms with Crippen LogP contribution < -0.4 is 10.1 Å². The summed E-state index contributed by atoms with van der Waals surface area (Å²) in [5.41, 5.74) is 0.799. The van der Waals surface area contributed by atoms with Gasteiger partial charge in [0.1, 0.15) is 11.6 Å². The Balaban J connectivity index is 1.65. The average molecular weight is 472 g/mol. The van der Waals surface area contributed by atoms with Crippen molar-refractivity contribution in [2.24, 2.45) is 0 Å². The Labute approximate surface area is 192 Å². The summed E-state index contributed by atoms with van der Waals surface area (Å²) in [6.45, 7) is 1.81. The maximum absolute atomic E-state index is 12.7. The lowest BCUT2D eigenvalue weighted by Gasteiger charge is -2.15. The topological polar surface area (TPSA) is 81.9 Å². The number of benzene rings is 1. The fourth-order valence-electron chi connectivity index (χ4n) is 2.83. The molecule has 0 unspecified atom stereocenters. The second-order valence-corrected chi connectivity index (χ2v) is 9.09. The van der Waals surface area contributed by atoms with Crippen LogP contribution in [0.5, 0.6) is 5.75 Å². The molecular weight excluding hydrogens is 454 g/mol. The third kappa shape index (κ3) is 4.73. The number of halogens is 1. The van der Waals surface area contributed by atoms with E-state index in [-0.39, 0.29) is 5.91 Å². The van der Waals surface area contributed by atoms with E-state index in [1.807, 2.05) is 53.3 Å². The Kier molecular flexibility index (Phi) is 6.55. The van der Waals surface area contributed by atoms with Crippen molar-refractivity contribution in [1.29, 1.82) is 0 Å². The predicted octanol–water partition coefficient (Wildman–Crippen LogP) is 5.17. The molecule has 31 heavy (non-hydrogen) atoms. The van der Waals surface area contributed by atoms with Gasteiger partial charge < -0.3 is 10.1 Å². The number of pyridine rings is 1. The molecule has 10 heteroatoms. The van der Waals surface area contributed by atoms with Crippen LogP contribution in [0.25, 0.3) is 16.4 Å². The number of hydrogen-bond donors (Lipinski definition) is 1. The van der Waals surface area contributed by atoms with Gasteiger partial charge in [0.05, 0.1) is 27.9 Å². The Morgan fingerprint density at radius 1 is 1.19 bits per heavy atom. The third-order valence-corrected chi connectivity index (χ3v) is 6.46. The molecule has 0 aliphatic heterocycles. The number of methoxy groups -OCH3 is 1. The number of amides is 1. The van der Waals surface area contributed by atoms with Crippen molar-refractivity contribution in [2.75, 3.05) is 12.4 Å². The Hall–Kier alpha value is -2.88. The van der Waals surface area contributed by atoms with Crippen molar-refractivity contribution in [3.63, 3.8) is 0 Å². The van der Waals surface area contributed by atoms with E-state index in [4.69, 9.17) is 16.3 Å². The lowest BCUT2D eigenvalue weighted by molar-refractivity contribution is -0.115. The molecule has 0 aliphatic carbocycles. The molecule has 3 heterocycles. The van der Waals surface area contributed by atoms with Gasteiger partial charge >= 0.3 is 0 Å². The smallest absolute Gasteiger partial charge is 0.238 e. The first-order chi connectivity index (χ1) is 15.1. The largest absolute Gasteiger partial charge is 0.495 e. The number of hydrogen-bond acceptors (Lipinski definition) is 7. The summed E-state index contributed by atoms with van der Waals surface area (Å²) in [4.78, 5) is 17.8. The second-order valence-electron chi connectivity index (χ2n) is 6.40. The number of carbonyl (C=O) groups is 1. The van der Waals surface area contributed by atoms with Crippen LogP contribution in [0.2, 0.25) is 5.02 Å². The van der Waals surface area contributed by atoms with E-state index in [1.165, 1.54) is 18.0 Å². The number of thiophene rings is 1. The van der Waals surface area contributed by atoms with Crippen LogP contribution in [0.1, 0.15) is 6.92 Å². The Morgan fingerprint density at radius 2 is 2.03 bits per heavy atom. The summed E-state index contributed by atoms with van der Waals surface area (Å²) >= 11 is 8.73. The molecule has 0 bridgehead atoms. The van der Waals surface area contributed by atoms with Crippen molar-refractivity contribution < 1.29 is 9.53 Å². The fraction of sp³-hybridized carbons (Fsp3) is 0.143. The van der Waals surface area contributed by atoms with E-state index in [9.17, 15) is 4.79 Å². The number of anilines is 1. The number of thioether (sulfide) groups is 1. The van der Waals surface area contributed by atoms with E-state index in [2.05, 4.69) is 20.5 Å². The normalized spacial score (nSPS) is 11.8. The van der Waals surface area contributed by atoms with Crippen LogP contribution in [-0.4, -0.2) is 38.0 Å². The van der Waals surface area contributed by atoms with Crippen LogP contribution in [0.15, 0.2) is 65.3 Å². The SMILES string of the molecule is COc1ccccc1-n1c(S[C@H](C)C(=O)Nc2ccc(Cl)cn2)nnc1-c1cccs1. The van der Waals surface area contributed by atoms with Crippen molar-refractivity contribution in [3.05, 3.63) is 65.1 Å². The molecule has 158 valence electrons. The average Bonchev–Trinajstić information content (AvgIpc) is 3.45. The molecule has 1 atom stereocenters. The maximum Gasteiger partial charge on any atom is 0.238 e. The monoisotopic (exact) mass is 471 g/mol.